The van der Waals surface area contributed by atoms with E-state index in [0.717, 1.165) is 34.2 Å². The van der Waals surface area contributed by atoms with E-state index >= 15 is 0 Å². The molecule has 1 aliphatic heterocycles. The van der Waals surface area contributed by atoms with E-state index < -0.39 is 17.9 Å². The molecule has 0 bridgehead atoms. The number of aromatic nitrogens is 2. The monoisotopic (exact) mass is 415 g/mol. The standard InChI is InChI=1S/C20H18FN3O4S/c1-28-19(25)12-7-11(21)8-13-15(12)23-18(22-13)14-6-10-4-5-24(20(26)27)16(9-2-3-9)17(10)29-14/h6-9,16H,2-5H2,1H3,(H,22,23)(H,26,27). The van der Waals surface area contributed by atoms with Gasteiger partial charge in [-0.2, -0.15) is 0 Å². The Morgan fingerprint density at radius 2 is 2.14 bits per heavy atom. The number of benzene rings is 1. The number of esters is 1. The first-order valence-electron chi connectivity index (χ1n) is 9.36. The van der Waals surface area contributed by atoms with Crippen LogP contribution in [0.3, 0.4) is 0 Å². The number of ether oxygens (including phenoxy) is 1. The minimum atomic E-state index is -0.885. The van der Waals surface area contributed by atoms with E-state index in [0.29, 0.717) is 35.7 Å². The first kappa shape index (κ1) is 18.1. The Kier molecular flexibility index (Phi) is 4.09. The molecule has 3 aromatic rings. The first-order valence-corrected chi connectivity index (χ1v) is 10.2. The number of rotatable bonds is 3. The Labute approximate surface area is 169 Å². The van der Waals surface area contributed by atoms with Crippen molar-refractivity contribution in [3.05, 3.63) is 40.0 Å². The van der Waals surface area contributed by atoms with E-state index in [4.69, 9.17) is 4.74 Å². The van der Waals surface area contributed by atoms with Gasteiger partial charge in [0.2, 0.25) is 0 Å². The van der Waals surface area contributed by atoms with Gasteiger partial charge in [0.05, 0.1) is 29.1 Å². The Morgan fingerprint density at radius 3 is 2.83 bits per heavy atom. The van der Waals surface area contributed by atoms with Gasteiger partial charge in [0, 0.05) is 11.4 Å². The minimum Gasteiger partial charge on any atom is -0.465 e. The third-order valence-electron chi connectivity index (χ3n) is 5.57. The SMILES string of the molecule is COC(=O)c1cc(F)cc2[nH]c(-c3cc4c(s3)C(C3CC3)N(C(=O)O)CC4)nc12. The van der Waals surface area contributed by atoms with Gasteiger partial charge in [-0.15, -0.1) is 11.3 Å². The summed E-state index contributed by atoms with van der Waals surface area (Å²) in [6.45, 7) is 0.484. The van der Waals surface area contributed by atoms with Crippen molar-refractivity contribution in [1.82, 2.24) is 14.9 Å². The zero-order chi connectivity index (χ0) is 20.3. The number of carbonyl (C=O) groups is 2. The van der Waals surface area contributed by atoms with Crippen molar-refractivity contribution in [2.45, 2.75) is 25.3 Å². The second kappa shape index (κ2) is 6.55. The molecule has 2 N–H and O–H groups in total. The van der Waals surface area contributed by atoms with Crippen LogP contribution in [-0.4, -0.2) is 45.7 Å². The third-order valence-corrected chi connectivity index (χ3v) is 6.83. The summed E-state index contributed by atoms with van der Waals surface area (Å²) in [7, 11) is 1.24. The minimum absolute atomic E-state index is 0.0687. The van der Waals surface area contributed by atoms with Crippen molar-refractivity contribution in [3.63, 3.8) is 0 Å². The quantitative estimate of drug-likeness (QED) is 0.625. The molecule has 29 heavy (non-hydrogen) atoms. The maximum absolute atomic E-state index is 13.9. The molecule has 150 valence electrons. The van der Waals surface area contributed by atoms with Gasteiger partial charge in [-0.25, -0.2) is 19.0 Å². The molecular formula is C20H18FN3O4S. The molecule has 2 aliphatic rings. The van der Waals surface area contributed by atoms with Crippen LogP contribution in [-0.2, 0) is 11.2 Å². The van der Waals surface area contributed by atoms with Gasteiger partial charge in [0.1, 0.15) is 17.2 Å². The number of H-pyrrole nitrogens is 1. The number of carbonyl (C=O) groups excluding carboxylic acids is 1. The van der Waals surface area contributed by atoms with Gasteiger partial charge in [0.15, 0.2) is 0 Å². The highest BCUT2D eigenvalue weighted by Gasteiger charge is 2.42. The van der Waals surface area contributed by atoms with Crippen LogP contribution in [0.2, 0.25) is 0 Å². The van der Waals surface area contributed by atoms with Crippen LogP contribution >= 0.6 is 11.3 Å². The van der Waals surface area contributed by atoms with Crippen molar-refractivity contribution < 1.29 is 23.8 Å². The molecule has 0 spiro atoms. The number of thiophene rings is 1. The molecule has 9 heteroatoms. The molecule has 7 nitrogen and oxygen atoms in total. The second-order valence-corrected chi connectivity index (χ2v) is 8.52. The average Bonchev–Trinajstić information content (AvgIpc) is 3.29. The Hall–Kier alpha value is -2.94. The molecule has 1 saturated carbocycles. The number of methoxy groups -OCH3 is 1. The highest BCUT2D eigenvalue weighted by atomic mass is 32.1. The van der Waals surface area contributed by atoms with E-state index in [1.54, 1.807) is 4.90 Å². The van der Waals surface area contributed by atoms with Crippen molar-refractivity contribution in [3.8, 4) is 10.7 Å². The largest absolute Gasteiger partial charge is 0.465 e. The lowest BCUT2D eigenvalue weighted by Gasteiger charge is -2.33. The predicted octanol–water partition coefficient (Wildman–Crippen LogP) is 4.20. The van der Waals surface area contributed by atoms with Crippen LogP contribution in [0.15, 0.2) is 18.2 Å². The normalized spacial score (nSPS) is 18.7. The fraction of sp³-hybridized carbons (Fsp3) is 0.350. The Morgan fingerprint density at radius 1 is 1.34 bits per heavy atom. The maximum Gasteiger partial charge on any atom is 0.407 e. The lowest BCUT2D eigenvalue weighted by Crippen LogP contribution is -2.39. The number of aromatic amines is 1. The molecule has 1 unspecified atom stereocenters. The van der Waals surface area contributed by atoms with E-state index in [-0.39, 0.29) is 11.6 Å². The molecule has 1 fully saturated rings. The number of hydrogen-bond acceptors (Lipinski definition) is 5. The summed E-state index contributed by atoms with van der Waals surface area (Å²) in [5.74, 6) is -0.299. The fourth-order valence-corrected chi connectivity index (χ4v) is 5.45. The summed E-state index contributed by atoms with van der Waals surface area (Å²) in [6.07, 6.45) is 1.84. The van der Waals surface area contributed by atoms with Gasteiger partial charge in [-0.3, -0.25) is 4.90 Å². The zero-order valence-corrected chi connectivity index (χ0v) is 16.4. The lowest BCUT2D eigenvalue weighted by molar-refractivity contribution is 0.0602. The number of nitrogens with zero attached hydrogens (tertiary/aromatic N) is 2. The van der Waals surface area contributed by atoms with Crippen LogP contribution in [0.1, 0.15) is 39.7 Å². The summed E-state index contributed by atoms with van der Waals surface area (Å²) < 4.78 is 18.7. The number of fused-ring (bicyclic) bond motifs is 2. The van der Waals surface area contributed by atoms with Crippen molar-refractivity contribution in [1.29, 1.82) is 0 Å². The average molecular weight is 415 g/mol. The van der Waals surface area contributed by atoms with Gasteiger partial charge >= 0.3 is 12.1 Å². The number of amides is 1. The maximum atomic E-state index is 13.9. The van der Waals surface area contributed by atoms with E-state index in [9.17, 15) is 19.1 Å². The van der Waals surface area contributed by atoms with E-state index in [2.05, 4.69) is 9.97 Å². The number of nitrogens with one attached hydrogen (secondary N) is 1. The van der Waals surface area contributed by atoms with Crippen LogP contribution < -0.4 is 0 Å². The molecule has 1 aromatic carbocycles. The van der Waals surface area contributed by atoms with Gasteiger partial charge < -0.3 is 14.8 Å². The van der Waals surface area contributed by atoms with E-state index in [1.165, 1.54) is 24.5 Å². The van der Waals surface area contributed by atoms with Crippen LogP contribution in [0.4, 0.5) is 9.18 Å². The van der Waals surface area contributed by atoms with Gasteiger partial charge in [0.25, 0.3) is 0 Å². The summed E-state index contributed by atoms with van der Waals surface area (Å²) in [5, 5.41) is 9.59. The lowest BCUT2D eigenvalue weighted by atomic mass is 9.98. The van der Waals surface area contributed by atoms with Crippen LogP contribution in [0.25, 0.3) is 21.7 Å². The molecule has 0 radical (unpaired) electrons. The number of carboxylic acid groups (broad SMARTS) is 1. The fourth-order valence-electron chi connectivity index (χ4n) is 4.09. The topological polar surface area (TPSA) is 95.5 Å². The summed E-state index contributed by atoms with van der Waals surface area (Å²) in [4.78, 5) is 34.8. The number of halogens is 1. The highest BCUT2D eigenvalue weighted by molar-refractivity contribution is 7.15. The molecule has 1 aliphatic carbocycles. The molecule has 3 heterocycles. The number of hydrogen-bond donors (Lipinski definition) is 2. The second-order valence-electron chi connectivity index (χ2n) is 7.43. The third kappa shape index (κ3) is 2.96. The molecule has 5 rings (SSSR count). The Balaban J connectivity index is 1.59. The smallest absolute Gasteiger partial charge is 0.407 e. The van der Waals surface area contributed by atoms with Crippen molar-refractivity contribution >= 4 is 34.4 Å². The molecule has 0 saturated heterocycles. The summed E-state index contributed by atoms with van der Waals surface area (Å²) in [6, 6.07) is 4.33. The van der Waals surface area contributed by atoms with Crippen molar-refractivity contribution in [2.24, 2.45) is 5.92 Å². The van der Waals surface area contributed by atoms with Gasteiger partial charge in [-0.05, 0) is 48.9 Å². The molecule has 1 amide bonds. The molecular weight excluding hydrogens is 397 g/mol. The number of imidazole rings is 1. The van der Waals surface area contributed by atoms with Crippen LogP contribution in [0, 0.1) is 11.7 Å². The zero-order valence-electron chi connectivity index (χ0n) is 15.6. The Bertz CT molecular complexity index is 1150. The summed E-state index contributed by atoms with van der Waals surface area (Å²) in [5.41, 5.74) is 1.97. The highest BCUT2D eigenvalue weighted by Crippen LogP contribution is 2.50. The molecule has 1 atom stereocenters. The van der Waals surface area contributed by atoms with E-state index in [1.807, 2.05) is 6.07 Å². The summed E-state index contributed by atoms with van der Waals surface area (Å²) >= 11 is 1.52. The van der Waals surface area contributed by atoms with Crippen LogP contribution in [0.5, 0.6) is 0 Å². The van der Waals surface area contributed by atoms with Gasteiger partial charge in [-0.1, -0.05) is 0 Å². The van der Waals surface area contributed by atoms with Crippen molar-refractivity contribution in [2.75, 3.05) is 13.7 Å². The first-order chi connectivity index (χ1) is 14.0. The molecule has 2 aromatic heterocycles. The predicted molar refractivity (Wildman–Crippen MR) is 105 cm³/mol.